The summed E-state index contributed by atoms with van der Waals surface area (Å²) in [5.74, 6) is -0.146. The van der Waals surface area contributed by atoms with Crippen LogP contribution in [0.5, 0.6) is 0 Å². The molecule has 3 rings (SSSR count). The Balaban J connectivity index is 1.81. The largest absolute Gasteiger partial charge is 0.451 e. The summed E-state index contributed by atoms with van der Waals surface area (Å²) in [5.41, 5.74) is 0.650. The van der Waals surface area contributed by atoms with Crippen LogP contribution >= 0.6 is 0 Å². The monoisotopic (exact) mass is 381 g/mol. The third-order valence-electron chi connectivity index (χ3n) is 4.39. The fourth-order valence-corrected chi connectivity index (χ4v) is 4.76. The van der Waals surface area contributed by atoms with Gasteiger partial charge in [0.1, 0.15) is 11.6 Å². The summed E-state index contributed by atoms with van der Waals surface area (Å²) in [6.45, 7) is 0.579. The molecular weight excluding hydrogens is 361 g/mol. The zero-order valence-electron chi connectivity index (χ0n) is 14.4. The van der Waals surface area contributed by atoms with Crippen molar-refractivity contribution in [3.8, 4) is 11.3 Å². The average Bonchev–Trinajstić information content (AvgIpc) is 3.23. The highest BCUT2D eigenvalue weighted by atomic mass is 32.2. The molecular formula is C18H20FNO5S. The normalized spacial score (nSPS) is 18.8. The van der Waals surface area contributed by atoms with E-state index in [1.165, 1.54) is 24.1 Å². The number of furan rings is 1. The highest BCUT2D eigenvalue weighted by Crippen LogP contribution is 2.25. The summed E-state index contributed by atoms with van der Waals surface area (Å²) in [6, 6.07) is 8.55. The second kappa shape index (κ2) is 7.59. The van der Waals surface area contributed by atoms with E-state index in [2.05, 4.69) is 0 Å². The van der Waals surface area contributed by atoms with Crippen LogP contribution in [-0.4, -0.2) is 57.0 Å². The standard InChI is InChI=1S/C18H20FNO5S/c1-24-10-9-20(15-8-11-26(22,23)12-15)18(21)17-7-6-16(25-17)13-2-4-14(19)5-3-13/h2-7,15H,8-12H2,1H3. The summed E-state index contributed by atoms with van der Waals surface area (Å²) in [5, 5.41) is 0. The fourth-order valence-electron chi connectivity index (χ4n) is 3.02. The van der Waals surface area contributed by atoms with Gasteiger partial charge < -0.3 is 14.1 Å². The quantitative estimate of drug-likeness (QED) is 0.768. The molecule has 0 bridgehead atoms. The molecule has 0 saturated carbocycles. The summed E-state index contributed by atoms with van der Waals surface area (Å²) in [4.78, 5) is 14.4. The molecule has 0 spiro atoms. The molecule has 2 heterocycles. The van der Waals surface area contributed by atoms with Crippen LogP contribution in [0.15, 0.2) is 40.8 Å². The predicted molar refractivity (Wildman–Crippen MR) is 94.1 cm³/mol. The maximum atomic E-state index is 13.0. The Hall–Kier alpha value is -2.19. The number of hydrogen-bond acceptors (Lipinski definition) is 5. The molecule has 1 aromatic carbocycles. The van der Waals surface area contributed by atoms with Crippen LogP contribution in [0.25, 0.3) is 11.3 Å². The predicted octanol–water partition coefficient (Wildman–Crippen LogP) is 2.36. The number of amides is 1. The van der Waals surface area contributed by atoms with E-state index in [4.69, 9.17) is 9.15 Å². The summed E-state index contributed by atoms with van der Waals surface area (Å²) in [6.07, 6.45) is 0.406. The van der Waals surface area contributed by atoms with Gasteiger partial charge in [-0.2, -0.15) is 0 Å². The van der Waals surface area contributed by atoms with E-state index in [0.717, 1.165) is 0 Å². The lowest BCUT2D eigenvalue weighted by Crippen LogP contribution is -2.42. The third kappa shape index (κ3) is 4.13. The molecule has 6 nitrogen and oxygen atoms in total. The number of carbonyl (C=O) groups excluding carboxylic acids is 1. The number of carbonyl (C=O) groups is 1. The van der Waals surface area contributed by atoms with Gasteiger partial charge in [0.05, 0.1) is 18.1 Å². The molecule has 1 fully saturated rings. The molecule has 140 valence electrons. The Morgan fingerprint density at radius 2 is 2.00 bits per heavy atom. The number of benzene rings is 1. The van der Waals surface area contributed by atoms with E-state index >= 15 is 0 Å². The van der Waals surface area contributed by atoms with Gasteiger partial charge in [-0.3, -0.25) is 4.79 Å². The van der Waals surface area contributed by atoms with Crippen LogP contribution in [0.3, 0.4) is 0 Å². The molecule has 1 atom stereocenters. The van der Waals surface area contributed by atoms with Gasteiger partial charge in [-0.25, -0.2) is 12.8 Å². The zero-order chi connectivity index (χ0) is 18.7. The SMILES string of the molecule is COCCN(C(=O)c1ccc(-c2ccc(F)cc2)o1)C1CCS(=O)(=O)C1. The molecule has 1 aromatic heterocycles. The van der Waals surface area contributed by atoms with E-state index < -0.39 is 9.84 Å². The van der Waals surface area contributed by atoms with E-state index in [-0.39, 0.29) is 41.6 Å². The summed E-state index contributed by atoms with van der Waals surface area (Å²) in [7, 11) is -1.60. The van der Waals surface area contributed by atoms with Crippen LogP contribution < -0.4 is 0 Å². The van der Waals surface area contributed by atoms with Crippen molar-refractivity contribution in [2.75, 3.05) is 31.8 Å². The van der Waals surface area contributed by atoms with Crippen molar-refractivity contribution in [2.24, 2.45) is 0 Å². The van der Waals surface area contributed by atoms with Crippen molar-refractivity contribution >= 4 is 15.7 Å². The molecule has 0 N–H and O–H groups in total. The Kier molecular flexibility index (Phi) is 5.43. The molecule has 2 aromatic rings. The Labute approximate surface area is 151 Å². The minimum Gasteiger partial charge on any atom is -0.451 e. The second-order valence-corrected chi connectivity index (χ2v) is 8.45. The summed E-state index contributed by atoms with van der Waals surface area (Å²) < 4.78 is 47.3. The maximum absolute atomic E-state index is 13.0. The minimum absolute atomic E-state index is 0.0476. The first-order valence-corrected chi connectivity index (χ1v) is 10.1. The van der Waals surface area contributed by atoms with E-state index in [1.54, 1.807) is 24.3 Å². The molecule has 1 aliphatic rings. The molecule has 1 unspecified atom stereocenters. The number of sulfone groups is 1. The average molecular weight is 381 g/mol. The number of nitrogens with zero attached hydrogens (tertiary/aromatic N) is 1. The van der Waals surface area contributed by atoms with Crippen LogP contribution in [-0.2, 0) is 14.6 Å². The minimum atomic E-state index is -3.12. The maximum Gasteiger partial charge on any atom is 0.289 e. The van der Waals surface area contributed by atoms with Gasteiger partial charge in [0, 0.05) is 25.3 Å². The topological polar surface area (TPSA) is 76.8 Å². The van der Waals surface area contributed by atoms with Crippen molar-refractivity contribution in [2.45, 2.75) is 12.5 Å². The van der Waals surface area contributed by atoms with Crippen molar-refractivity contribution < 1.29 is 26.8 Å². The Bertz CT molecular complexity index is 875. The number of ether oxygens (including phenoxy) is 1. The van der Waals surface area contributed by atoms with Gasteiger partial charge >= 0.3 is 0 Å². The Morgan fingerprint density at radius 1 is 1.27 bits per heavy atom. The first-order chi connectivity index (χ1) is 12.4. The van der Waals surface area contributed by atoms with E-state index in [1.807, 2.05) is 0 Å². The first-order valence-electron chi connectivity index (χ1n) is 8.26. The van der Waals surface area contributed by atoms with Gasteiger partial charge in [-0.05, 0) is 42.8 Å². The number of halogens is 1. The molecule has 0 radical (unpaired) electrons. The van der Waals surface area contributed by atoms with Gasteiger partial charge in [-0.1, -0.05) is 0 Å². The fraction of sp³-hybridized carbons (Fsp3) is 0.389. The van der Waals surface area contributed by atoms with Crippen molar-refractivity contribution in [3.05, 3.63) is 48.0 Å². The second-order valence-electron chi connectivity index (χ2n) is 6.22. The lowest BCUT2D eigenvalue weighted by atomic mass is 10.2. The molecule has 1 amide bonds. The third-order valence-corrected chi connectivity index (χ3v) is 6.14. The van der Waals surface area contributed by atoms with Gasteiger partial charge in [-0.15, -0.1) is 0 Å². The first kappa shape index (κ1) is 18.6. The number of rotatable bonds is 6. The molecule has 26 heavy (non-hydrogen) atoms. The molecule has 0 aliphatic carbocycles. The van der Waals surface area contributed by atoms with Crippen molar-refractivity contribution in [1.29, 1.82) is 0 Å². The van der Waals surface area contributed by atoms with Crippen molar-refractivity contribution in [1.82, 2.24) is 4.90 Å². The Morgan fingerprint density at radius 3 is 2.62 bits per heavy atom. The highest BCUT2D eigenvalue weighted by Gasteiger charge is 2.35. The lowest BCUT2D eigenvalue weighted by molar-refractivity contribution is 0.0594. The van der Waals surface area contributed by atoms with Gasteiger partial charge in [0.15, 0.2) is 15.6 Å². The molecule has 1 aliphatic heterocycles. The summed E-state index contributed by atoms with van der Waals surface area (Å²) >= 11 is 0. The number of hydrogen-bond donors (Lipinski definition) is 0. The van der Waals surface area contributed by atoms with E-state index in [0.29, 0.717) is 24.4 Å². The number of methoxy groups -OCH3 is 1. The molecule has 1 saturated heterocycles. The van der Waals surface area contributed by atoms with Gasteiger partial charge in [0.2, 0.25) is 0 Å². The lowest BCUT2D eigenvalue weighted by Gasteiger charge is -2.27. The highest BCUT2D eigenvalue weighted by molar-refractivity contribution is 7.91. The smallest absolute Gasteiger partial charge is 0.289 e. The van der Waals surface area contributed by atoms with Crippen LogP contribution in [0.1, 0.15) is 17.0 Å². The van der Waals surface area contributed by atoms with Gasteiger partial charge in [0.25, 0.3) is 5.91 Å². The van der Waals surface area contributed by atoms with Crippen molar-refractivity contribution in [3.63, 3.8) is 0 Å². The molecule has 8 heteroatoms. The zero-order valence-corrected chi connectivity index (χ0v) is 15.2. The van der Waals surface area contributed by atoms with Crippen LogP contribution in [0.2, 0.25) is 0 Å². The van der Waals surface area contributed by atoms with Crippen LogP contribution in [0.4, 0.5) is 4.39 Å². The van der Waals surface area contributed by atoms with E-state index in [9.17, 15) is 17.6 Å². The van der Waals surface area contributed by atoms with Crippen LogP contribution in [0, 0.1) is 5.82 Å².